The standard InChI is InChI=1S/C22H26ClN5O3/c1-27(2)11-4-12-31-21-8-6-16(14-17(21)19-9-10-24-28(19)3)25-22(30)26-18-7-5-15(23)13-20(18)29/h5-10,13-14,29H,4,11-12H2,1-3H3,(H2,25,26,30). The van der Waals surface area contributed by atoms with Gasteiger partial charge in [-0.05, 0) is 56.9 Å². The molecule has 9 heteroatoms. The molecule has 0 aliphatic heterocycles. The van der Waals surface area contributed by atoms with Crippen LogP contribution < -0.4 is 15.4 Å². The molecule has 0 unspecified atom stereocenters. The molecule has 3 N–H and O–H groups in total. The summed E-state index contributed by atoms with van der Waals surface area (Å²) in [5, 5.41) is 19.9. The van der Waals surface area contributed by atoms with E-state index in [1.807, 2.05) is 39.3 Å². The van der Waals surface area contributed by atoms with Gasteiger partial charge in [0.05, 0.1) is 18.0 Å². The van der Waals surface area contributed by atoms with Crippen molar-refractivity contribution in [3.05, 3.63) is 53.7 Å². The highest BCUT2D eigenvalue weighted by Gasteiger charge is 2.13. The number of aromatic hydroxyl groups is 1. The minimum Gasteiger partial charge on any atom is -0.506 e. The number of hydrogen-bond donors (Lipinski definition) is 3. The molecular weight excluding hydrogens is 418 g/mol. The van der Waals surface area contributed by atoms with Crippen molar-refractivity contribution in [1.82, 2.24) is 14.7 Å². The quantitative estimate of drug-likeness (QED) is 0.354. The molecule has 0 spiro atoms. The molecule has 1 heterocycles. The van der Waals surface area contributed by atoms with Gasteiger partial charge in [-0.2, -0.15) is 5.10 Å². The van der Waals surface area contributed by atoms with Crippen LogP contribution >= 0.6 is 11.6 Å². The molecule has 31 heavy (non-hydrogen) atoms. The molecular formula is C22H26ClN5O3. The lowest BCUT2D eigenvalue weighted by molar-refractivity contribution is 0.262. The molecule has 0 saturated heterocycles. The highest BCUT2D eigenvalue weighted by molar-refractivity contribution is 6.30. The molecule has 164 valence electrons. The minimum absolute atomic E-state index is 0.111. The van der Waals surface area contributed by atoms with Gasteiger partial charge in [0.25, 0.3) is 0 Å². The van der Waals surface area contributed by atoms with Crippen LogP contribution in [-0.4, -0.2) is 53.1 Å². The number of anilines is 2. The summed E-state index contributed by atoms with van der Waals surface area (Å²) in [5.41, 5.74) is 2.51. The lowest BCUT2D eigenvalue weighted by Gasteiger charge is -2.15. The molecule has 0 saturated carbocycles. The van der Waals surface area contributed by atoms with Gasteiger partial charge in [0.15, 0.2) is 0 Å². The number of phenols is 1. The summed E-state index contributed by atoms with van der Waals surface area (Å²) in [5.74, 6) is 0.600. The van der Waals surface area contributed by atoms with Crippen molar-refractivity contribution in [3.8, 4) is 22.8 Å². The first kappa shape index (κ1) is 22.5. The average Bonchev–Trinajstić information content (AvgIpc) is 3.13. The molecule has 3 rings (SSSR count). The number of aryl methyl sites for hydroxylation is 1. The van der Waals surface area contributed by atoms with E-state index in [1.54, 1.807) is 23.0 Å². The Bertz CT molecular complexity index is 1050. The van der Waals surface area contributed by atoms with Gasteiger partial charge in [-0.15, -0.1) is 0 Å². The number of ether oxygens (including phenoxy) is 1. The van der Waals surface area contributed by atoms with Gasteiger partial charge in [0.1, 0.15) is 11.5 Å². The smallest absolute Gasteiger partial charge is 0.323 e. The highest BCUT2D eigenvalue weighted by atomic mass is 35.5. The van der Waals surface area contributed by atoms with Crippen LogP contribution in [0.25, 0.3) is 11.3 Å². The number of halogens is 1. The topological polar surface area (TPSA) is 91.7 Å². The lowest BCUT2D eigenvalue weighted by atomic mass is 10.1. The third-order valence-corrected chi connectivity index (χ3v) is 4.78. The summed E-state index contributed by atoms with van der Waals surface area (Å²) in [6, 6.07) is 11.3. The number of benzene rings is 2. The van der Waals surface area contributed by atoms with Gasteiger partial charge in [0, 0.05) is 42.1 Å². The number of aromatic nitrogens is 2. The van der Waals surface area contributed by atoms with Crippen molar-refractivity contribution >= 4 is 29.0 Å². The summed E-state index contributed by atoms with van der Waals surface area (Å²) in [6.07, 6.45) is 2.60. The molecule has 1 aromatic heterocycles. The van der Waals surface area contributed by atoms with Crippen molar-refractivity contribution in [2.75, 3.05) is 37.9 Å². The van der Waals surface area contributed by atoms with Crippen molar-refractivity contribution < 1.29 is 14.6 Å². The van der Waals surface area contributed by atoms with Crippen molar-refractivity contribution in [2.45, 2.75) is 6.42 Å². The monoisotopic (exact) mass is 443 g/mol. The summed E-state index contributed by atoms with van der Waals surface area (Å²) in [4.78, 5) is 14.5. The van der Waals surface area contributed by atoms with Crippen molar-refractivity contribution in [1.29, 1.82) is 0 Å². The maximum absolute atomic E-state index is 12.4. The van der Waals surface area contributed by atoms with E-state index in [0.717, 1.165) is 24.2 Å². The second-order valence-electron chi connectivity index (χ2n) is 7.30. The third kappa shape index (κ3) is 6.13. The molecule has 2 amide bonds. The lowest BCUT2D eigenvalue weighted by Crippen LogP contribution is -2.19. The number of nitrogens with one attached hydrogen (secondary N) is 2. The van der Waals surface area contributed by atoms with Gasteiger partial charge >= 0.3 is 6.03 Å². The van der Waals surface area contributed by atoms with Gasteiger partial charge in [-0.25, -0.2) is 4.79 Å². The number of carbonyl (C=O) groups excluding carboxylic acids is 1. The Morgan fingerprint density at radius 3 is 2.68 bits per heavy atom. The number of rotatable bonds is 8. The van der Waals surface area contributed by atoms with Crippen LogP contribution in [0.15, 0.2) is 48.7 Å². The Kier molecular flexibility index (Phi) is 7.38. The first-order valence-corrected chi connectivity index (χ1v) is 10.2. The molecule has 0 aliphatic carbocycles. The first-order chi connectivity index (χ1) is 14.8. The molecule has 0 aliphatic rings. The zero-order valence-corrected chi connectivity index (χ0v) is 18.5. The predicted molar refractivity (Wildman–Crippen MR) is 123 cm³/mol. The van der Waals surface area contributed by atoms with E-state index in [4.69, 9.17) is 16.3 Å². The average molecular weight is 444 g/mol. The highest BCUT2D eigenvalue weighted by Crippen LogP contribution is 2.33. The van der Waals surface area contributed by atoms with E-state index in [-0.39, 0.29) is 11.4 Å². The normalized spacial score (nSPS) is 10.9. The fourth-order valence-corrected chi connectivity index (χ4v) is 3.20. The van der Waals surface area contributed by atoms with Gasteiger partial charge in [-0.3, -0.25) is 4.68 Å². The van der Waals surface area contributed by atoms with E-state index in [1.165, 1.54) is 12.1 Å². The van der Waals surface area contributed by atoms with Crippen LogP contribution in [0.5, 0.6) is 11.5 Å². The van der Waals surface area contributed by atoms with Crippen LogP contribution in [0.2, 0.25) is 5.02 Å². The maximum atomic E-state index is 12.4. The molecule has 8 nitrogen and oxygen atoms in total. The zero-order chi connectivity index (χ0) is 22.4. The molecule has 2 aromatic carbocycles. The van der Waals surface area contributed by atoms with Crippen molar-refractivity contribution in [2.24, 2.45) is 7.05 Å². The molecule has 0 bridgehead atoms. The van der Waals surface area contributed by atoms with Gasteiger partial charge in [0.2, 0.25) is 0 Å². The number of hydrogen-bond acceptors (Lipinski definition) is 5. The van der Waals surface area contributed by atoms with Crippen LogP contribution in [-0.2, 0) is 7.05 Å². The number of urea groups is 1. The Balaban J connectivity index is 1.76. The summed E-state index contributed by atoms with van der Waals surface area (Å²) < 4.78 is 7.75. The van der Waals surface area contributed by atoms with Crippen LogP contribution in [0, 0.1) is 0 Å². The summed E-state index contributed by atoms with van der Waals surface area (Å²) in [7, 11) is 5.90. The molecule has 0 radical (unpaired) electrons. The SMILES string of the molecule is CN(C)CCCOc1ccc(NC(=O)Nc2ccc(Cl)cc2O)cc1-c1ccnn1C. The van der Waals surface area contributed by atoms with E-state index >= 15 is 0 Å². The van der Waals surface area contributed by atoms with E-state index in [9.17, 15) is 9.90 Å². The van der Waals surface area contributed by atoms with Gasteiger partial charge in [-0.1, -0.05) is 11.6 Å². The number of phenolic OH excluding ortho intramolecular Hbond substituents is 1. The Labute approximate surface area is 186 Å². The maximum Gasteiger partial charge on any atom is 0.323 e. The predicted octanol–water partition coefficient (Wildman–Crippen LogP) is 4.42. The van der Waals surface area contributed by atoms with E-state index < -0.39 is 6.03 Å². The largest absolute Gasteiger partial charge is 0.506 e. The van der Waals surface area contributed by atoms with Crippen LogP contribution in [0.1, 0.15) is 6.42 Å². The molecule has 0 atom stereocenters. The fourth-order valence-electron chi connectivity index (χ4n) is 3.03. The Morgan fingerprint density at radius 1 is 1.19 bits per heavy atom. The van der Waals surface area contributed by atoms with Crippen LogP contribution in [0.4, 0.5) is 16.2 Å². The van der Waals surface area contributed by atoms with Gasteiger partial charge < -0.3 is 25.4 Å². The number of carbonyl (C=O) groups is 1. The number of amides is 2. The fraction of sp³-hybridized carbons (Fsp3) is 0.273. The molecule has 3 aromatic rings. The summed E-state index contributed by atoms with van der Waals surface area (Å²) >= 11 is 5.83. The minimum atomic E-state index is -0.492. The second-order valence-corrected chi connectivity index (χ2v) is 7.73. The summed E-state index contributed by atoms with van der Waals surface area (Å²) in [6.45, 7) is 1.50. The first-order valence-electron chi connectivity index (χ1n) is 9.80. The third-order valence-electron chi connectivity index (χ3n) is 4.55. The van der Waals surface area contributed by atoms with E-state index in [0.29, 0.717) is 23.1 Å². The van der Waals surface area contributed by atoms with E-state index in [2.05, 4.69) is 20.6 Å². The second kappa shape index (κ2) is 10.2. The zero-order valence-electron chi connectivity index (χ0n) is 17.7. The van der Waals surface area contributed by atoms with Crippen molar-refractivity contribution in [3.63, 3.8) is 0 Å². The Morgan fingerprint density at radius 2 is 2.00 bits per heavy atom. The van der Waals surface area contributed by atoms with Crippen LogP contribution in [0.3, 0.4) is 0 Å². The number of nitrogens with zero attached hydrogens (tertiary/aromatic N) is 3. The molecule has 0 fully saturated rings. The Hall–Kier alpha value is -3.23.